The van der Waals surface area contributed by atoms with E-state index in [1.807, 2.05) is 0 Å². The van der Waals surface area contributed by atoms with Crippen LogP contribution in [0.4, 0.5) is 16.2 Å². The van der Waals surface area contributed by atoms with Gasteiger partial charge in [0.15, 0.2) is 16.6 Å². The second kappa shape index (κ2) is 8.22. The fourth-order valence-electron chi connectivity index (χ4n) is 3.88. The van der Waals surface area contributed by atoms with Crippen LogP contribution in [0.2, 0.25) is 10.2 Å². The molecule has 0 saturated heterocycles. The highest BCUT2D eigenvalue weighted by Gasteiger charge is 2.50. The third-order valence-corrected chi connectivity index (χ3v) is 5.84. The average molecular weight is 502 g/mol. The molecule has 0 bridgehead atoms. The van der Waals surface area contributed by atoms with E-state index in [4.69, 9.17) is 27.9 Å². The molecule has 4 aromatic heterocycles. The summed E-state index contributed by atoms with van der Waals surface area (Å²) in [5.41, 5.74) is 0.435. The number of halogens is 2. The summed E-state index contributed by atoms with van der Waals surface area (Å²) < 4.78 is 6.78. The fourth-order valence-corrected chi connectivity index (χ4v) is 4.30. The number of ether oxygens (including phenoxy) is 1. The van der Waals surface area contributed by atoms with Crippen LogP contribution in [0.1, 0.15) is 19.5 Å². The molecular weight excluding hydrogens is 485 g/mol. The fraction of sp³-hybridized carbons (Fsp3) is 0.250. The Balaban J connectivity index is 1.50. The Kier molecular flexibility index (Phi) is 5.33. The molecule has 14 heteroatoms. The van der Waals surface area contributed by atoms with Crippen LogP contribution in [0.5, 0.6) is 0 Å². The number of pyridine rings is 1. The number of anilines is 2. The van der Waals surface area contributed by atoms with Crippen molar-refractivity contribution in [2.45, 2.75) is 19.3 Å². The lowest BCUT2D eigenvalue weighted by molar-refractivity contribution is -0.149. The minimum atomic E-state index is -1.20. The van der Waals surface area contributed by atoms with Crippen LogP contribution >= 0.6 is 23.2 Å². The van der Waals surface area contributed by atoms with E-state index in [0.29, 0.717) is 28.5 Å². The van der Waals surface area contributed by atoms with Crippen molar-refractivity contribution in [2.75, 3.05) is 23.4 Å². The molecule has 0 aliphatic carbocycles. The Bertz CT molecular complexity index is 1420. The molecule has 1 aliphatic rings. The van der Waals surface area contributed by atoms with Crippen LogP contribution in [-0.4, -0.2) is 59.7 Å². The number of hydrogen-bond acceptors (Lipinski definition) is 8. The van der Waals surface area contributed by atoms with Gasteiger partial charge in [0.1, 0.15) is 5.41 Å². The Morgan fingerprint density at radius 3 is 2.65 bits per heavy atom. The standard InChI is InChI=1S/C20H17Cl2N9O3/c1-3-34-18(32)20(2)10-29(13-9-23-15-7-14(22)28-30(15)16(13)20)19(33)27-11-6-12(21)17(24-8-11)31-25-4-5-26-31/h4-9H,3,10H2,1-2H3,(H,27,33). The number of esters is 1. The summed E-state index contributed by atoms with van der Waals surface area (Å²) in [5, 5.41) is 15.5. The molecule has 1 aliphatic heterocycles. The maximum Gasteiger partial charge on any atom is 0.326 e. The van der Waals surface area contributed by atoms with E-state index < -0.39 is 17.4 Å². The predicted octanol–water partition coefficient (Wildman–Crippen LogP) is 2.88. The number of fused-ring (bicyclic) bond motifs is 3. The summed E-state index contributed by atoms with van der Waals surface area (Å²) in [6.07, 6.45) is 5.93. The highest BCUT2D eigenvalue weighted by molar-refractivity contribution is 6.32. The number of hydrogen-bond donors (Lipinski definition) is 1. The lowest BCUT2D eigenvalue weighted by Gasteiger charge is -2.23. The van der Waals surface area contributed by atoms with Crippen molar-refractivity contribution in [1.82, 2.24) is 34.6 Å². The zero-order valence-corrected chi connectivity index (χ0v) is 19.4. The summed E-state index contributed by atoms with van der Waals surface area (Å²) in [6.45, 7) is 3.59. The number of carbonyl (C=O) groups is 2. The van der Waals surface area contributed by atoms with Gasteiger partial charge in [-0.3, -0.25) is 9.69 Å². The molecule has 5 rings (SSSR count). The van der Waals surface area contributed by atoms with Gasteiger partial charge in [0.05, 0.1) is 53.5 Å². The van der Waals surface area contributed by atoms with Crippen LogP contribution in [0.25, 0.3) is 11.5 Å². The highest BCUT2D eigenvalue weighted by atomic mass is 35.5. The minimum Gasteiger partial charge on any atom is -0.465 e. The van der Waals surface area contributed by atoms with Gasteiger partial charge in [0.2, 0.25) is 0 Å². The van der Waals surface area contributed by atoms with Crippen molar-refractivity contribution in [3.05, 3.63) is 52.8 Å². The molecule has 1 N–H and O–H groups in total. The van der Waals surface area contributed by atoms with Crippen molar-refractivity contribution in [1.29, 1.82) is 0 Å². The zero-order chi connectivity index (χ0) is 24.0. The number of aromatic nitrogens is 7. The number of nitrogens with zero attached hydrogens (tertiary/aromatic N) is 8. The monoisotopic (exact) mass is 501 g/mol. The van der Waals surface area contributed by atoms with Gasteiger partial charge >= 0.3 is 12.0 Å². The van der Waals surface area contributed by atoms with Crippen molar-refractivity contribution < 1.29 is 14.3 Å². The smallest absolute Gasteiger partial charge is 0.326 e. The normalized spacial score (nSPS) is 17.1. The van der Waals surface area contributed by atoms with Gasteiger partial charge in [-0.25, -0.2) is 19.3 Å². The second-order valence-electron chi connectivity index (χ2n) is 7.65. The molecule has 0 fully saturated rings. The first-order chi connectivity index (χ1) is 16.3. The number of urea groups is 1. The Labute approximate surface area is 202 Å². The average Bonchev–Trinajstić information content (AvgIpc) is 3.51. The lowest BCUT2D eigenvalue weighted by atomic mass is 9.88. The maximum absolute atomic E-state index is 13.3. The molecular formula is C20H17Cl2N9O3. The SMILES string of the molecule is CCOC(=O)C1(C)CN(C(=O)Nc2cnc(-n3nccn3)c(Cl)c2)c2cnc3cc(Cl)nn3c21. The third-order valence-electron chi connectivity index (χ3n) is 5.37. The summed E-state index contributed by atoms with van der Waals surface area (Å²) in [6, 6.07) is 2.58. The van der Waals surface area contributed by atoms with Crippen LogP contribution < -0.4 is 10.2 Å². The van der Waals surface area contributed by atoms with Gasteiger partial charge in [-0.1, -0.05) is 23.2 Å². The van der Waals surface area contributed by atoms with Gasteiger partial charge in [-0.15, -0.1) is 4.80 Å². The quantitative estimate of drug-likeness (QED) is 0.422. The van der Waals surface area contributed by atoms with Gasteiger partial charge in [-0.05, 0) is 19.9 Å². The van der Waals surface area contributed by atoms with Crippen LogP contribution in [0.3, 0.4) is 0 Å². The van der Waals surface area contributed by atoms with Crippen molar-refractivity contribution in [3.8, 4) is 5.82 Å². The molecule has 1 unspecified atom stereocenters. The van der Waals surface area contributed by atoms with E-state index >= 15 is 0 Å². The van der Waals surface area contributed by atoms with Gasteiger partial charge in [0, 0.05) is 12.6 Å². The molecule has 0 saturated carbocycles. The molecule has 174 valence electrons. The first kappa shape index (κ1) is 22.0. The zero-order valence-electron chi connectivity index (χ0n) is 17.9. The first-order valence-electron chi connectivity index (χ1n) is 10.1. The Morgan fingerprint density at radius 1 is 1.18 bits per heavy atom. The number of rotatable bonds is 4. The molecule has 1 atom stereocenters. The lowest BCUT2D eigenvalue weighted by Crippen LogP contribution is -2.43. The van der Waals surface area contributed by atoms with Gasteiger partial charge in [0.25, 0.3) is 0 Å². The van der Waals surface area contributed by atoms with Crippen LogP contribution in [0, 0.1) is 0 Å². The largest absolute Gasteiger partial charge is 0.465 e. The third kappa shape index (κ3) is 3.51. The van der Waals surface area contributed by atoms with Crippen molar-refractivity contribution >= 4 is 52.2 Å². The molecule has 0 aromatic carbocycles. The summed E-state index contributed by atoms with van der Waals surface area (Å²) >= 11 is 12.4. The molecule has 2 amide bonds. The maximum atomic E-state index is 13.3. The number of amides is 2. The predicted molar refractivity (Wildman–Crippen MR) is 123 cm³/mol. The van der Waals surface area contributed by atoms with E-state index in [1.54, 1.807) is 19.9 Å². The van der Waals surface area contributed by atoms with E-state index in [2.05, 4.69) is 30.6 Å². The van der Waals surface area contributed by atoms with Crippen LogP contribution in [0.15, 0.2) is 36.9 Å². The van der Waals surface area contributed by atoms with E-state index in [-0.39, 0.29) is 23.3 Å². The summed E-state index contributed by atoms with van der Waals surface area (Å²) in [7, 11) is 0. The molecule has 12 nitrogen and oxygen atoms in total. The van der Waals surface area contributed by atoms with Crippen molar-refractivity contribution in [3.63, 3.8) is 0 Å². The molecule has 34 heavy (non-hydrogen) atoms. The topological polar surface area (TPSA) is 132 Å². The van der Waals surface area contributed by atoms with E-state index in [0.717, 1.165) is 0 Å². The first-order valence-corrected chi connectivity index (χ1v) is 10.9. The molecule has 0 spiro atoms. The summed E-state index contributed by atoms with van der Waals surface area (Å²) in [5.74, 6) is -0.181. The van der Waals surface area contributed by atoms with E-state index in [9.17, 15) is 9.59 Å². The van der Waals surface area contributed by atoms with Gasteiger partial charge < -0.3 is 10.1 Å². The summed E-state index contributed by atoms with van der Waals surface area (Å²) in [4.78, 5) is 37.5. The second-order valence-corrected chi connectivity index (χ2v) is 8.44. The van der Waals surface area contributed by atoms with E-state index in [1.165, 1.54) is 45.1 Å². The number of carbonyl (C=O) groups excluding carboxylic acids is 2. The minimum absolute atomic E-state index is 0.00171. The molecule has 5 heterocycles. The van der Waals surface area contributed by atoms with Crippen molar-refractivity contribution in [2.24, 2.45) is 0 Å². The Morgan fingerprint density at radius 2 is 1.94 bits per heavy atom. The number of nitrogens with one attached hydrogen (secondary N) is 1. The highest BCUT2D eigenvalue weighted by Crippen LogP contribution is 2.42. The van der Waals surface area contributed by atoms with Gasteiger partial charge in [-0.2, -0.15) is 15.3 Å². The molecule has 4 aromatic rings. The molecule has 0 radical (unpaired) electrons. The van der Waals surface area contributed by atoms with Crippen LogP contribution in [-0.2, 0) is 14.9 Å². The Hall–Kier alpha value is -3.77.